The molecule has 6 heteroatoms. The van der Waals surface area contributed by atoms with Crippen LogP contribution in [0.4, 0.5) is 5.69 Å². The Labute approximate surface area is 162 Å². The van der Waals surface area contributed by atoms with E-state index < -0.39 is 0 Å². The molecular weight excluding hydrogens is 352 g/mol. The fourth-order valence-electron chi connectivity index (χ4n) is 3.23. The molecule has 0 spiro atoms. The zero-order valence-corrected chi connectivity index (χ0v) is 15.9. The van der Waals surface area contributed by atoms with Crippen LogP contribution < -0.4 is 15.6 Å². The van der Waals surface area contributed by atoms with Crippen molar-refractivity contribution >= 4 is 16.7 Å². The molecule has 0 saturated heterocycles. The van der Waals surface area contributed by atoms with Crippen LogP contribution in [0.25, 0.3) is 16.7 Å². The lowest BCUT2D eigenvalue weighted by Gasteiger charge is -2.12. The third-order valence-electron chi connectivity index (χ3n) is 4.61. The normalized spacial score (nSPS) is 10.9. The number of nitrogens with zero attached hydrogens (tertiary/aromatic N) is 2. The van der Waals surface area contributed by atoms with E-state index >= 15 is 0 Å². The second kappa shape index (κ2) is 7.60. The summed E-state index contributed by atoms with van der Waals surface area (Å²) >= 11 is 0. The fraction of sp³-hybridized carbons (Fsp3) is 0.182. The Hall–Kier alpha value is -3.54. The Balaban J connectivity index is 1.68. The van der Waals surface area contributed by atoms with Crippen molar-refractivity contribution in [3.8, 4) is 11.4 Å². The van der Waals surface area contributed by atoms with Crippen LogP contribution in [0.1, 0.15) is 18.2 Å². The van der Waals surface area contributed by atoms with Crippen molar-refractivity contribution in [1.82, 2.24) is 14.8 Å². The first kappa shape index (κ1) is 17.9. The van der Waals surface area contributed by atoms with E-state index in [1.165, 1.54) is 0 Å². The van der Waals surface area contributed by atoms with Crippen LogP contribution in [0.3, 0.4) is 0 Å². The van der Waals surface area contributed by atoms with Gasteiger partial charge in [0.05, 0.1) is 23.7 Å². The summed E-state index contributed by atoms with van der Waals surface area (Å²) in [6, 6.07) is 19.4. The zero-order chi connectivity index (χ0) is 19.5. The van der Waals surface area contributed by atoms with Gasteiger partial charge in [-0.05, 0) is 44.2 Å². The first-order chi connectivity index (χ1) is 13.7. The van der Waals surface area contributed by atoms with Gasteiger partial charge in [0.15, 0.2) is 0 Å². The smallest absolute Gasteiger partial charge is 0.254 e. The van der Waals surface area contributed by atoms with E-state index in [4.69, 9.17) is 4.74 Å². The third kappa shape index (κ3) is 3.36. The molecular formula is C22H22N4O2. The Bertz CT molecular complexity index is 1160. The molecule has 0 atom stereocenters. The molecule has 0 aliphatic rings. The molecule has 0 saturated carbocycles. The van der Waals surface area contributed by atoms with Crippen molar-refractivity contribution in [2.45, 2.75) is 20.4 Å². The number of para-hydroxylation sites is 3. The standard InChI is InChI=1S/C22H22N4O2/c1-3-28-20-12-8-7-11-19(20)23-14-16-13-18-15(2)25-26(21(18)24-22(16)27)17-9-5-4-6-10-17/h4-13,23H,3,14H2,1-2H3,(H,24,27). The molecule has 0 aliphatic carbocycles. The van der Waals surface area contributed by atoms with E-state index in [2.05, 4.69) is 15.4 Å². The minimum atomic E-state index is -0.133. The fourth-order valence-corrected chi connectivity index (χ4v) is 3.23. The largest absolute Gasteiger partial charge is 0.492 e. The van der Waals surface area contributed by atoms with Gasteiger partial charge in [-0.2, -0.15) is 5.10 Å². The molecule has 28 heavy (non-hydrogen) atoms. The van der Waals surface area contributed by atoms with E-state index in [-0.39, 0.29) is 5.56 Å². The molecule has 2 aromatic heterocycles. The van der Waals surface area contributed by atoms with E-state index in [0.29, 0.717) is 24.4 Å². The monoisotopic (exact) mass is 374 g/mol. The number of aryl methyl sites for hydroxylation is 1. The van der Waals surface area contributed by atoms with Crippen LogP contribution in [0.15, 0.2) is 65.5 Å². The first-order valence-corrected chi connectivity index (χ1v) is 9.30. The number of anilines is 1. The lowest BCUT2D eigenvalue weighted by atomic mass is 10.2. The van der Waals surface area contributed by atoms with Crippen molar-refractivity contribution in [2.24, 2.45) is 0 Å². The van der Waals surface area contributed by atoms with Crippen LogP contribution in [0.2, 0.25) is 0 Å². The van der Waals surface area contributed by atoms with Gasteiger partial charge in [-0.3, -0.25) is 4.79 Å². The molecule has 2 N–H and O–H groups in total. The van der Waals surface area contributed by atoms with E-state index in [1.807, 2.05) is 74.5 Å². The molecule has 0 bridgehead atoms. The van der Waals surface area contributed by atoms with Gasteiger partial charge in [0.2, 0.25) is 0 Å². The van der Waals surface area contributed by atoms with E-state index in [9.17, 15) is 4.79 Å². The maximum absolute atomic E-state index is 12.7. The molecule has 0 amide bonds. The minimum absolute atomic E-state index is 0.133. The van der Waals surface area contributed by atoms with Crippen molar-refractivity contribution in [2.75, 3.05) is 11.9 Å². The number of rotatable bonds is 6. The summed E-state index contributed by atoms with van der Waals surface area (Å²) in [6.45, 7) is 4.87. The first-order valence-electron chi connectivity index (χ1n) is 9.30. The molecule has 6 nitrogen and oxygen atoms in total. The highest BCUT2D eigenvalue weighted by Crippen LogP contribution is 2.25. The van der Waals surface area contributed by atoms with Crippen molar-refractivity contribution < 1.29 is 4.74 Å². The summed E-state index contributed by atoms with van der Waals surface area (Å²) in [4.78, 5) is 15.7. The molecule has 142 valence electrons. The Morgan fingerprint density at radius 1 is 1.11 bits per heavy atom. The molecule has 4 rings (SSSR count). The summed E-state index contributed by atoms with van der Waals surface area (Å²) in [5.41, 5.74) is 3.85. The van der Waals surface area contributed by atoms with E-state index in [0.717, 1.165) is 28.2 Å². The minimum Gasteiger partial charge on any atom is -0.492 e. The molecule has 0 radical (unpaired) electrons. The number of aromatic amines is 1. The number of pyridine rings is 1. The third-order valence-corrected chi connectivity index (χ3v) is 4.61. The zero-order valence-electron chi connectivity index (χ0n) is 15.9. The second-order valence-electron chi connectivity index (χ2n) is 6.50. The lowest BCUT2D eigenvalue weighted by Crippen LogP contribution is -2.16. The summed E-state index contributed by atoms with van der Waals surface area (Å²) in [5.74, 6) is 0.774. The maximum atomic E-state index is 12.7. The highest BCUT2D eigenvalue weighted by molar-refractivity contribution is 5.80. The highest BCUT2D eigenvalue weighted by Gasteiger charge is 2.13. The number of benzene rings is 2. The number of aromatic nitrogens is 3. The molecule has 2 aromatic carbocycles. The predicted molar refractivity (Wildman–Crippen MR) is 111 cm³/mol. The van der Waals surface area contributed by atoms with Crippen molar-refractivity contribution in [1.29, 1.82) is 0 Å². The molecule has 0 fully saturated rings. The van der Waals surface area contributed by atoms with Crippen LogP contribution in [-0.4, -0.2) is 21.4 Å². The molecule has 4 aromatic rings. The quantitative estimate of drug-likeness (QED) is 0.534. The Morgan fingerprint density at radius 2 is 1.86 bits per heavy atom. The maximum Gasteiger partial charge on any atom is 0.254 e. The summed E-state index contributed by atoms with van der Waals surface area (Å²) in [6.07, 6.45) is 0. The summed E-state index contributed by atoms with van der Waals surface area (Å²) < 4.78 is 7.41. The van der Waals surface area contributed by atoms with Gasteiger partial charge in [0, 0.05) is 17.5 Å². The van der Waals surface area contributed by atoms with Gasteiger partial charge in [-0.1, -0.05) is 30.3 Å². The SMILES string of the molecule is CCOc1ccccc1NCc1cc2c(C)nn(-c3ccccc3)c2[nH]c1=O. The number of H-pyrrole nitrogens is 1. The van der Waals surface area contributed by atoms with E-state index in [1.54, 1.807) is 4.68 Å². The lowest BCUT2D eigenvalue weighted by molar-refractivity contribution is 0.341. The number of hydrogen-bond donors (Lipinski definition) is 2. The van der Waals surface area contributed by atoms with Gasteiger partial charge in [-0.15, -0.1) is 0 Å². The van der Waals surface area contributed by atoms with Gasteiger partial charge in [0.25, 0.3) is 5.56 Å². The predicted octanol–water partition coefficient (Wildman–Crippen LogP) is 4.03. The summed E-state index contributed by atoms with van der Waals surface area (Å²) in [5, 5.41) is 8.84. The summed E-state index contributed by atoms with van der Waals surface area (Å²) in [7, 11) is 0. The number of fused-ring (bicyclic) bond motifs is 1. The number of nitrogens with one attached hydrogen (secondary N) is 2. The Morgan fingerprint density at radius 3 is 2.64 bits per heavy atom. The van der Waals surface area contributed by atoms with Crippen LogP contribution >= 0.6 is 0 Å². The van der Waals surface area contributed by atoms with Gasteiger partial charge < -0.3 is 15.0 Å². The van der Waals surface area contributed by atoms with Crippen molar-refractivity contribution in [3.05, 3.63) is 82.3 Å². The molecule has 0 unspecified atom stereocenters. The topological polar surface area (TPSA) is 71.9 Å². The average Bonchev–Trinajstić information content (AvgIpc) is 3.03. The molecule has 0 aliphatic heterocycles. The van der Waals surface area contributed by atoms with Crippen molar-refractivity contribution in [3.63, 3.8) is 0 Å². The van der Waals surface area contributed by atoms with Gasteiger partial charge in [-0.25, -0.2) is 4.68 Å². The number of hydrogen-bond acceptors (Lipinski definition) is 4. The van der Waals surface area contributed by atoms with Gasteiger partial charge in [0.1, 0.15) is 11.4 Å². The van der Waals surface area contributed by atoms with Crippen LogP contribution in [0.5, 0.6) is 5.75 Å². The second-order valence-corrected chi connectivity index (χ2v) is 6.50. The molecule has 2 heterocycles. The Kier molecular flexibility index (Phi) is 4.85. The number of ether oxygens (including phenoxy) is 1. The van der Waals surface area contributed by atoms with Crippen LogP contribution in [0, 0.1) is 6.92 Å². The van der Waals surface area contributed by atoms with Gasteiger partial charge >= 0.3 is 0 Å². The highest BCUT2D eigenvalue weighted by atomic mass is 16.5. The average molecular weight is 374 g/mol. The van der Waals surface area contributed by atoms with Crippen LogP contribution in [-0.2, 0) is 6.54 Å².